The maximum atomic E-state index is 12.8. The monoisotopic (exact) mass is 260 g/mol. The summed E-state index contributed by atoms with van der Waals surface area (Å²) >= 11 is 0. The average molecular weight is 260 g/mol. The molecule has 0 fully saturated rings. The van der Waals surface area contributed by atoms with Gasteiger partial charge in [-0.05, 0) is 31.2 Å². The highest BCUT2D eigenvalue weighted by Gasteiger charge is 2.16. The van der Waals surface area contributed by atoms with Crippen molar-refractivity contribution in [2.75, 3.05) is 11.9 Å². The number of H-pyrrole nitrogens is 1. The molecule has 19 heavy (non-hydrogen) atoms. The second-order valence-corrected chi connectivity index (χ2v) is 4.23. The van der Waals surface area contributed by atoms with Crippen molar-refractivity contribution in [3.63, 3.8) is 0 Å². The Hall–Kier alpha value is -2.43. The van der Waals surface area contributed by atoms with E-state index in [1.807, 2.05) is 0 Å². The van der Waals surface area contributed by atoms with Gasteiger partial charge in [-0.2, -0.15) is 0 Å². The van der Waals surface area contributed by atoms with Gasteiger partial charge >= 0.3 is 0 Å². The highest BCUT2D eigenvalue weighted by Crippen LogP contribution is 2.14. The molecule has 0 atom stereocenters. The van der Waals surface area contributed by atoms with Crippen LogP contribution in [0.25, 0.3) is 0 Å². The summed E-state index contributed by atoms with van der Waals surface area (Å²) in [5, 5.41) is 0. The molecule has 1 heterocycles. The predicted octanol–water partition coefficient (Wildman–Crippen LogP) is 2.10. The molecule has 1 N–H and O–H groups in total. The van der Waals surface area contributed by atoms with Crippen LogP contribution >= 0.6 is 0 Å². The lowest BCUT2D eigenvalue weighted by Crippen LogP contribution is -2.30. The summed E-state index contributed by atoms with van der Waals surface area (Å²) in [6.07, 6.45) is 1.39. The molecule has 1 amide bonds. The molecule has 0 saturated heterocycles. The zero-order valence-electron chi connectivity index (χ0n) is 10.6. The molecular weight excluding hydrogens is 247 g/mol. The zero-order chi connectivity index (χ0) is 14.0. The molecule has 2 rings (SSSR count). The number of pyridine rings is 1. The molecule has 0 aliphatic rings. The van der Waals surface area contributed by atoms with E-state index in [0.29, 0.717) is 11.4 Å². The summed E-state index contributed by atoms with van der Waals surface area (Å²) in [5.74, 6) is -0.814. The molecule has 0 bridgehead atoms. The Morgan fingerprint density at radius 2 is 1.89 bits per heavy atom. The Morgan fingerprint density at radius 1 is 1.26 bits per heavy atom. The maximum Gasteiger partial charge on any atom is 0.263 e. The quantitative estimate of drug-likeness (QED) is 0.899. The largest absolute Gasteiger partial charge is 0.364 e. The van der Waals surface area contributed by atoms with E-state index in [2.05, 4.69) is 4.98 Å². The third-order valence-electron chi connectivity index (χ3n) is 2.81. The number of anilines is 1. The number of benzene rings is 1. The Bertz CT molecular complexity index is 662. The summed E-state index contributed by atoms with van der Waals surface area (Å²) in [7, 11) is 1.54. The number of nitrogens with one attached hydrogen (secondary N) is 1. The summed E-state index contributed by atoms with van der Waals surface area (Å²) < 4.78 is 12.8. The minimum Gasteiger partial charge on any atom is -0.364 e. The van der Waals surface area contributed by atoms with Gasteiger partial charge in [0.1, 0.15) is 11.4 Å². The van der Waals surface area contributed by atoms with E-state index in [0.717, 1.165) is 0 Å². The van der Waals surface area contributed by atoms with Gasteiger partial charge in [0.05, 0.1) is 0 Å². The predicted molar refractivity (Wildman–Crippen MR) is 70.9 cm³/mol. The summed E-state index contributed by atoms with van der Waals surface area (Å²) in [5.41, 5.74) is 0.921. The molecule has 0 saturated carbocycles. The normalized spacial score (nSPS) is 10.3. The number of nitrogens with zero attached hydrogens (tertiary/aromatic N) is 1. The summed E-state index contributed by atoms with van der Waals surface area (Å²) in [6.45, 7) is 1.74. The topological polar surface area (TPSA) is 53.2 Å². The third kappa shape index (κ3) is 2.70. The van der Waals surface area contributed by atoms with Crippen LogP contribution in [0.1, 0.15) is 16.1 Å². The lowest BCUT2D eigenvalue weighted by Gasteiger charge is -2.16. The van der Waals surface area contributed by atoms with Gasteiger partial charge in [0, 0.05) is 30.7 Å². The van der Waals surface area contributed by atoms with Gasteiger partial charge < -0.3 is 9.88 Å². The number of rotatable bonds is 2. The number of carbonyl (C=O) groups excluding carboxylic acids is 1. The first kappa shape index (κ1) is 13.0. The molecule has 5 heteroatoms. The van der Waals surface area contributed by atoms with Crippen molar-refractivity contribution in [1.29, 1.82) is 0 Å². The first-order valence-electron chi connectivity index (χ1n) is 5.72. The van der Waals surface area contributed by atoms with Crippen molar-refractivity contribution >= 4 is 11.6 Å². The summed E-state index contributed by atoms with van der Waals surface area (Å²) in [6, 6.07) is 6.86. The van der Waals surface area contributed by atoms with Crippen LogP contribution in [-0.4, -0.2) is 17.9 Å². The fourth-order valence-electron chi connectivity index (χ4n) is 1.70. The van der Waals surface area contributed by atoms with Crippen molar-refractivity contribution in [3.8, 4) is 0 Å². The minimum atomic E-state index is -0.437. The highest BCUT2D eigenvalue weighted by atomic mass is 19.1. The number of amides is 1. The third-order valence-corrected chi connectivity index (χ3v) is 2.81. The number of aromatic nitrogens is 1. The van der Waals surface area contributed by atoms with Gasteiger partial charge in [-0.1, -0.05) is 0 Å². The fourth-order valence-corrected chi connectivity index (χ4v) is 1.70. The van der Waals surface area contributed by atoms with Crippen molar-refractivity contribution in [3.05, 3.63) is 63.8 Å². The van der Waals surface area contributed by atoms with Gasteiger partial charge in [0.2, 0.25) is 0 Å². The highest BCUT2D eigenvalue weighted by molar-refractivity contribution is 6.05. The molecule has 98 valence electrons. The summed E-state index contributed by atoms with van der Waals surface area (Å²) in [4.78, 5) is 28.1. The van der Waals surface area contributed by atoms with Crippen molar-refractivity contribution in [2.45, 2.75) is 6.92 Å². The SMILES string of the molecule is Cc1cc(=O)c(C(=O)N(C)c2ccc(F)cc2)c[nH]1. The van der Waals surface area contributed by atoms with Gasteiger partial charge in [0.25, 0.3) is 5.91 Å². The molecule has 1 aromatic heterocycles. The second-order valence-electron chi connectivity index (χ2n) is 4.23. The Morgan fingerprint density at radius 3 is 2.47 bits per heavy atom. The molecule has 4 nitrogen and oxygen atoms in total. The molecule has 0 radical (unpaired) electrons. The van der Waals surface area contributed by atoms with E-state index < -0.39 is 5.91 Å². The molecule has 1 aromatic carbocycles. The van der Waals surface area contributed by atoms with E-state index in [-0.39, 0.29) is 16.8 Å². The van der Waals surface area contributed by atoms with Gasteiger partial charge in [-0.25, -0.2) is 4.39 Å². The molecule has 0 aliphatic heterocycles. The average Bonchev–Trinajstić information content (AvgIpc) is 2.38. The lowest BCUT2D eigenvalue weighted by atomic mass is 10.2. The maximum absolute atomic E-state index is 12.8. The second kappa shape index (κ2) is 5.06. The number of halogens is 1. The minimum absolute atomic E-state index is 0.0532. The van der Waals surface area contributed by atoms with E-state index in [4.69, 9.17) is 0 Å². The van der Waals surface area contributed by atoms with Gasteiger partial charge in [-0.3, -0.25) is 9.59 Å². The van der Waals surface area contributed by atoms with Crippen LogP contribution in [0.5, 0.6) is 0 Å². The van der Waals surface area contributed by atoms with Crippen LogP contribution in [0.3, 0.4) is 0 Å². The zero-order valence-corrected chi connectivity index (χ0v) is 10.6. The van der Waals surface area contributed by atoms with Crippen LogP contribution in [0, 0.1) is 12.7 Å². The molecular formula is C14H13FN2O2. The number of carbonyl (C=O) groups is 1. The fraction of sp³-hybridized carbons (Fsp3) is 0.143. The van der Waals surface area contributed by atoms with E-state index in [9.17, 15) is 14.0 Å². The molecule has 0 spiro atoms. The Kier molecular flexibility index (Phi) is 3.46. The standard InChI is InChI=1S/C14H13FN2O2/c1-9-7-13(18)12(8-16-9)14(19)17(2)11-5-3-10(15)4-6-11/h3-8H,1-2H3,(H,16,18). The molecule has 0 aliphatic carbocycles. The number of hydrogen-bond acceptors (Lipinski definition) is 2. The van der Waals surface area contributed by atoms with Crippen LogP contribution in [0.15, 0.2) is 41.3 Å². The van der Waals surface area contributed by atoms with Crippen molar-refractivity contribution in [2.24, 2.45) is 0 Å². The molecule has 0 unspecified atom stereocenters. The first-order valence-corrected chi connectivity index (χ1v) is 5.72. The Balaban J connectivity index is 2.33. The number of hydrogen-bond donors (Lipinski definition) is 1. The van der Waals surface area contributed by atoms with Gasteiger partial charge in [-0.15, -0.1) is 0 Å². The van der Waals surface area contributed by atoms with E-state index in [1.165, 1.54) is 48.5 Å². The van der Waals surface area contributed by atoms with Gasteiger partial charge in [0.15, 0.2) is 5.43 Å². The molecule has 2 aromatic rings. The van der Waals surface area contributed by atoms with Crippen LogP contribution in [0.4, 0.5) is 10.1 Å². The van der Waals surface area contributed by atoms with Crippen LogP contribution in [0.2, 0.25) is 0 Å². The van der Waals surface area contributed by atoms with E-state index in [1.54, 1.807) is 6.92 Å². The van der Waals surface area contributed by atoms with Crippen molar-refractivity contribution in [1.82, 2.24) is 4.98 Å². The number of aryl methyl sites for hydroxylation is 1. The number of aromatic amines is 1. The Labute approximate surface area is 109 Å². The van der Waals surface area contributed by atoms with E-state index >= 15 is 0 Å². The van der Waals surface area contributed by atoms with Crippen LogP contribution in [-0.2, 0) is 0 Å². The lowest BCUT2D eigenvalue weighted by molar-refractivity contribution is 0.0991. The smallest absolute Gasteiger partial charge is 0.263 e. The van der Waals surface area contributed by atoms with Crippen molar-refractivity contribution < 1.29 is 9.18 Å². The first-order chi connectivity index (χ1) is 8.99. The van der Waals surface area contributed by atoms with Crippen LogP contribution < -0.4 is 10.3 Å².